The summed E-state index contributed by atoms with van der Waals surface area (Å²) in [5.41, 5.74) is 5.55. The van der Waals surface area contributed by atoms with Crippen molar-refractivity contribution in [3.8, 4) is 0 Å². The maximum atomic E-state index is 5.59. The molecule has 0 atom stereocenters. The molecule has 0 aromatic heterocycles. The van der Waals surface area contributed by atoms with Crippen molar-refractivity contribution in [3.63, 3.8) is 0 Å². The first-order chi connectivity index (χ1) is 7.20. The summed E-state index contributed by atoms with van der Waals surface area (Å²) in [6.07, 6.45) is 2.34. The molecule has 3 heteroatoms. The summed E-state index contributed by atoms with van der Waals surface area (Å²) >= 11 is 0. The van der Waals surface area contributed by atoms with Crippen molar-refractivity contribution in [2.24, 2.45) is 11.7 Å². The molecule has 0 aromatic rings. The van der Waals surface area contributed by atoms with Gasteiger partial charge in [0.2, 0.25) is 0 Å². The van der Waals surface area contributed by atoms with E-state index in [4.69, 9.17) is 10.5 Å². The molecule has 0 saturated carbocycles. The molecule has 0 aliphatic heterocycles. The van der Waals surface area contributed by atoms with E-state index in [1.807, 2.05) is 0 Å². The fourth-order valence-electron chi connectivity index (χ4n) is 1.45. The number of hydrogen-bond donors (Lipinski definition) is 1. The molecular weight excluding hydrogens is 188 g/mol. The topological polar surface area (TPSA) is 38.5 Å². The second-order valence-electron chi connectivity index (χ2n) is 4.43. The standard InChI is InChI=1S/C12H28N2O/c1-4-7-14(8-6-13)9-11-15-10-5-12(2)3/h12H,4-11,13H2,1-3H3. The summed E-state index contributed by atoms with van der Waals surface area (Å²) in [7, 11) is 0. The first-order valence-electron chi connectivity index (χ1n) is 6.20. The second kappa shape index (κ2) is 10.4. The SMILES string of the molecule is CCCN(CCN)CCOCCC(C)C. The van der Waals surface area contributed by atoms with Gasteiger partial charge in [0.1, 0.15) is 0 Å². The van der Waals surface area contributed by atoms with Crippen LogP contribution in [0.3, 0.4) is 0 Å². The van der Waals surface area contributed by atoms with Gasteiger partial charge in [-0.2, -0.15) is 0 Å². The van der Waals surface area contributed by atoms with E-state index in [2.05, 4.69) is 25.7 Å². The summed E-state index contributed by atoms with van der Waals surface area (Å²) in [5.74, 6) is 0.737. The van der Waals surface area contributed by atoms with Crippen LogP contribution in [0, 0.1) is 5.92 Å². The highest BCUT2D eigenvalue weighted by atomic mass is 16.5. The van der Waals surface area contributed by atoms with Gasteiger partial charge in [-0.3, -0.25) is 4.90 Å². The van der Waals surface area contributed by atoms with Crippen LogP contribution in [0.15, 0.2) is 0 Å². The van der Waals surface area contributed by atoms with Gasteiger partial charge < -0.3 is 10.5 Å². The Balaban J connectivity index is 3.36. The van der Waals surface area contributed by atoms with Crippen molar-refractivity contribution < 1.29 is 4.74 Å². The number of nitrogens with two attached hydrogens (primary N) is 1. The van der Waals surface area contributed by atoms with Crippen molar-refractivity contribution in [3.05, 3.63) is 0 Å². The van der Waals surface area contributed by atoms with Gasteiger partial charge in [0.05, 0.1) is 6.61 Å². The Morgan fingerprint density at radius 1 is 1.13 bits per heavy atom. The van der Waals surface area contributed by atoms with Crippen LogP contribution < -0.4 is 5.73 Å². The maximum Gasteiger partial charge on any atom is 0.0593 e. The predicted molar refractivity (Wildman–Crippen MR) is 66.1 cm³/mol. The number of hydrogen-bond acceptors (Lipinski definition) is 3. The average Bonchev–Trinajstić information content (AvgIpc) is 2.17. The van der Waals surface area contributed by atoms with Crippen LogP contribution in [-0.4, -0.2) is 44.3 Å². The molecule has 92 valence electrons. The van der Waals surface area contributed by atoms with Gasteiger partial charge in [-0.1, -0.05) is 20.8 Å². The molecule has 0 heterocycles. The van der Waals surface area contributed by atoms with E-state index in [0.717, 1.165) is 51.7 Å². The van der Waals surface area contributed by atoms with E-state index in [1.165, 1.54) is 6.42 Å². The largest absolute Gasteiger partial charge is 0.380 e. The number of ether oxygens (including phenoxy) is 1. The Labute approximate surface area is 95.0 Å². The molecule has 0 bridgehead atoms. The highest BCUT2D eigenvalue weighted by molar-refractivity contribution is 4.56. The van der Waals surface area contributed by atoms with Crippen LogP contribution in [-0.2, 0) is 4.74 Å². The molecule has 0 saturated heterocycles. The number of rotatable bonds is 10. The zero-order chi connectivity index (χ0) is 11.5. The van der Waals surface area contributed by atoms with Crippen LogP contribution in [0.1, 0.15) is 33.6 Å². The quantitative estimate of drug-likeness (QED) is 0.565. The average molecular weight is 216 g/mol. The second-order valence-corrected chi connectivity index (χ2v) is 4.43. The van der Waals surface area contributed by atoms with Gasteiger partial charge in [-0.15, -0.1) is 0 Å². The lowest BCUT2D eigenvalue weighted by Gasteiger charge is -2.20. The Bertz CT molecular complexity index is 123. The summed E-state index contributed by atoms with van der Waals surface area (Å²) in [6, 6.07) is 0. The third-order valence-corrected chi connectivity index (χ3v) is 2.38. The van der Waals surface area contributed by atoms with Crippen molar-refractivity contribution in [1.82, 2.24) is 4.90 Å². The lowest BCUT2D eigenvalue weighted by molar-refractivity contribution is 0.0968. The number of nitrogens with zero attached hydrogens (tertiary/aromatic N) is 1. The van der Waals surface area contributed by atoms with Crippen LogP contribution in [0.25, 0.3) is 0 Å². The van der Waals surface area contributed by atoms with Crippen molar-refractivity contribution in [1.29, 1.82) is 0 Å². The third-order valence-electron chi connectivity index (χ3n) is 2.38. The maximum absolute atomic E-state index is 5.59. The smallest absolute Gasteiger partial charge is 0.0593 e. The molecule has 0 unspecified atom stereocenters. The molecule has 15 heavy (non-hydrogen) atoms. The molecule has 0 amide bonds. The Hall–Kier alpha value is -0.120. The molecule has 3 nitrogen and oxygen atoms in total. The van der Waals surface area contributed by atoms with Crippen LogP contribution >= 0.6 is 0 Å². The van der Waals surface area contributed by atoms with Gasteiger partial charge in [0.25, 0.3) is 0 Å². The van der Waals surface area contributed by atoms with Gasteiger partial charge in [-0.25, -0.2) is 0 Å². The highest BCUT2D eigenvalue weighted by Gasteiger charge is 2.02. The molecule has 0 spiro atoms. The van der Waals surface area contributed by atoms with Crippen molar-refractivity contribution in [2.45, 2.75) is 33.6 Å². The van der Waals surface area contributed by atoms with Gasteiger partial charge in [0.15, 0.2) is 0 Å². The Morgan fingerprint density at radius 3 is 2.40 bits per heavy atom. The lowest BCUT2D eigenvalue weighted by atomic mass is 10.1. The summed E-state index contributed by atoms with van der Waals surface area (Å²) in [6.45, 7) is 12.2. The lowest BCUT2D eigenvalue weighted by Crippen LogP contribution is -2.33. The van der Waals surface area contributed by atoms with Crippen LogP contribution in [0.2, 0.25) is 0 Å². The molecule has 0 aromatic carbocycles. The molecule has 0 radical (unpaired) electrons. The molecule has 0 fully saturated rings. The molecule has 0 aliphatic rings. The summed E-state index contributed by atoms with van der Waals surface area (Å²) in [4.78, 5) is 2.37. The van der Waals surface area contributed by atoms with E-state index in [1.54, 1.807) is 0 Å². The zero-order valence-electron chi connectivity index (χ0n) is 10.7. The zero-order valence-corrected chi connectivity index (χ0v) is 10.7. The van der Waals surface area contributed by atoms with E-state index in [-0.39, 0.29) is 0 Å². The Morgan fingerprint density at radius 2 is 1.87 bits per heavy atom. The predicted octanol–water partition coefficient (Wildman–Crippen LogP) is 1.72. The first-order valence-corrected chi connectivity index (χ1v) is 6.20. The van der Waals surface area contributed by atoms with E-state index in [9.17, 15) is 0 Å². The minimum Gasteiger partial charge on any atom is -0.380 e. The monoisotopic (exact) mass is 216 g/mol. The molecule has 0 rings (SSSR count). The van der Waals surface area contributed by atoms with Crippen LogP contribution in [0.5, 0.6) is 0 Å². The molecule has 2 N–H and O–H groups in total. The summed E-state index contributed by atoms with van der Waals surface area (Å²) in [5, 5.41) is 0. The van der Waals surface area contributed by atoms with Gasteiger partial charge >= 0.3 is 0 Å². The Kier molecular flexibility index (Phi) is 10.3. The molecule has 0 aliphatic carbocycles. The fourth-order valence-corrected chi connectivity index (χ4v) is 1.45. The fraction of sp³-hybridized carbons (Fsp3) is 1.00. The first kappa shape index (κ1) is 14.9. The molecular formula is C12H28N2O. The van der Waals surface area contributed by atoms with Crippen molar-refractivity contribution >= 4 is 0 Å². The third kappa shape index (κ3) is 10.2. The highest BCUT2D eigenvalue weighted by Crippen LogP contribution is 1.99. The minimum absolute atomic E-state index is 0.737. The van der Waals surface area contributed by atoms with E-state index >= 15 is 0 Å². The van der Waals surface area contributed by atoms with Gasteiger partial charge in [-0.05, 0) is 25.3 Å². The van der Waals surface area contributed by atoms with E-state index in [0.29, 0.717) is 0 Å². The van der Waals surface area contributed by atoms with E-state index < -0.39 is 0 Å². The van der Waals surface area contributed by atoms with Gasteiger partial charge in [0, 0.05) is 26.2 Å². The van der Waals surface area contributed by atoms with Crippen LogP contribution in [0.4, 0.5) is 0 Å². The van der Waals surface area contributed by atoms with Crippen molar-refractivity contribution in [2.75, 3.05) is 39.4 Å². The summed E-state index contributed by atoms with van der Waals surface area (Å²) < 4.78 is 5.59. The normalized spacial score (nSPS) is 11.6. The minimum atomic E-state index is 0.737.